The standard InChI is InChI=1S/C19H17FN6O2/c1-10-17(28-11(2)23-10)18(27)24-12-4-5-15(20)14(6-12)16-9-26-8-13(21-3)7-22-19(26)25-16/h4-9,21H,1-3H3,(H,24,27). The van der Waals surface area contributed by atoms with Gasteiger partial charge in [0.25, 0.3) is 5.91 Å². The highest BCUT2D eigenvalue weighted by Crippen LogP contribution is 2.26. The quantitative estimate of drug-likeness (QED) is 0.563. The molecule has 1 amide bonds. The summed E-state index contributed by atoms with van der Waals surface area (Å²) < 4.78 is 21.5. The summed E-state index contributed by atoms with van der Waals surface area (Å²) in [5.74, 6) is 0.0593. The number of carbonyl (C=O) groups excluding carboxylic acids is 1. The molecule has 0 aliphatic rings. The van der Waals surface area contributed by atoms with Crippen molar-refractivity contribution in [1.29, 1.82) is 0 Å². The molecule has 4 rings (SSSR count). The van der Waals surface area contributed by atoms with Gasteiger partial charge in [-0.3, -0.25) is 9.20 Å². The molecule has 3 heterocycles. The van der Waals surface area contributed by atoms with Gasteiger partial charge in [-0.15, -0.1) is 0 Å². The first-order valence-corrected chi connectivity index (χ1v) is 8.52. The number of anilines is 2. The smallest absolute Gasteiger partial charge is 0.293 e. The van der Waals surface area contributed by atoms with E-state index in [1.165, 1.54) is 18.2 Å². The molecule has 4 aromatic rings. The maximum atomic E-state index is 14.4. The number of hydrogen-bond acceptors (Lipinski definition) is 6. The van der Waals surface area contributed by atoms with Crippen LogP contribution in [0.3, 0.4) is 0 Å². The summed E-state index contributed by atoms with van der Waals surface area (Å²) in [4.78, 5) is 25.1. The molecule has 3 aromatic heterocycles. The number of rotatable bonds is 4. The fourth-order valence-corrected chi connectivity index (χ4v) is 2.87. The third kappa shape index (κ3) is 3.18. The van der Waals surface area contributed by atoms with Crippen molar-refractivity contribution >= 4 is 23.1 Å². The zero-order valence-electron chi connectivity index (χ0n) is 15.4. The molecular weight excluding hydrogens is 363 g/mol. The molecule has 9 heteroatoms. The Balaban J connectivity index is 1.67. The minimum absolute atomic E-state index is 0.125. The number of hydrogen-bond donors (Lipinski definition) is 2. The fourth-order valence-electron chi connectivity index (χ4n) is 2.87. The van der Waals surface area contributed by atoms with Gasteiger partial charge in [0.1, 0.15) is 5.82 Å². The molecular formula is C19H17FN6O2. The van der Waals surface area contributed by atoms with Gasteiger partial charge in [0.2, 0.25) is 11.5 Å². The van der Waals surface area contributed by atoms with Gasteiger partial charge in [0, 0.05) is 37.6 Å². The molecule has 0 saturated heterocycles. The molecule has 142 valence electrons. The van der Waals surface area contributed by atoms with Crippen LogP contribution < -0.4 is 10.6 Å². The molecule has 0 unspecified atom stereocenters. The average molecular weight is 380 g/mol. The van der Waals surface area contributed by atoms with Gasteiger partial charge in [-0.05, 0) is 25.1 Å². The van der Waals surface area contributed by atoms with Crippen LogP contribution in [0, 0.1) is 19.7 Å². The van der Waals surface area contributed by atoms with Crippen molar-refractivity contribution < 1.29 is 13.6 Å². The molecule has 0 radical (unpaired) electrons. The van der Waals surface area contributed by atoms with Crippen molar-refractivity contribution in [2.75, 3.05) is 17.7 Å². The highest BCUT2D eigenvalue weighted by molar-refractivity contribution is 6.03. The number of aryl methyl sites for hydroxylation is 2. The Bertz CT molecular complexity index is 1200. The van der Waals surface area contributed by atoms with E-state index in [-0.39, 0.29) is 11.3 Å². The van der Waals surface area contributed by atoms with Gasteiger partial charge in [0.15, 0.2) is 5.89 Å². The minimum atomic E-state index is -0.457. The Morgan fingerprint density at radius 2 is 2.00 bits per heavy atom. The summed E-state index contributed by atoms with van der Waals surface area (Å²) in [7, 11) is 1.78. The molecule has 0 bridgehead atoms. The van der Waals surface area contributed by atoms with E-state index in [9.17, 15) is 9.18 Å². The lowest BCUT2D eigenvalue weighted by Crippen LogP contribution is -2.12. The molecule has 2 N–H and O–H groups in total. The average Bonchev–Trinajstić information content (AvgIpc) is 3.24. The van der Waals surface area contributed by atoms with Crippen molar-refractivity contribution in [3.63, 3.8) is 0 Å². The van der Waals surface area contributed by atoms with Crippen molar-refractivity contribution in [3.8, 4) is 11.3 Å². The van der Waals surface area contributed by atoms with Gasteiger partial charge in [-0.2, -0.15) is 0 Å². The van der Waals surface area contributed by atoms with E-state index in [4.69, 9.17) is 4.42 Å². The first-order chi connectivity index (χ1) is 13.4. The monoisotopic (exact) mass is 380 g/mol. The number of halogens is 1. The Labute approximate surface area is 159 Å². The second-order valence-corrected chi connectivity index (χ2v) is 6.22. The topological polar surface area (TPSA) is 97.3 Å². The van der Waals surface area contributed by atoms with Crippen LogP contribution in [-0.4, -0.2) is 32.3 Å². The predicted molar refractivity (Wildman–Crippen MR) is 102 cm³/mol. The summed E-state index contributed by atoms with van der Waals surface area (Å²) in [5, 5.41) is 5.69. The number of aromatic nitrogens is 4. The molecule has 0 fully saturated rings. The van der Waals surface area contributed by atoms with Crippen LogP contribution in [0.2, 0.25) is 0 Å². The maximum absolute atomic E-state index is 14.4. The van der Waals surface area contributed by atoms with Crippen molar-refractivity contribution in [2.45, 2.75) is 13.8 Å². The van der Waals surface area contributed by atoms with E-state index >= 15 is 0 Å². The van der Waals surface area contributed by atoms with Gasteiger partial charge in [-0.25, -0.2) is 19.3 Å². The van der Waals surface area contributed by atoms with Crippen LogP contribution in [0.4, 0.5) is 15.8 Å². The number of fused-ring (bicyclic) bond motifs is 1. The molecule has 0 saturated carbocycles. The summed E-state index contributed by atoms with van der Waals surface area (Å²) in [6.45, 7) is 3.35. The molecule has 0 atom stereocenters. The third-order valence-corrected chi connectivity index (χ3v) is 4.21. The molecule has 0 aliphatic carbocycles. The molecule has 0 aliphatic heterocycles. The van der Waals surface area contributed by atoms with Crippen LogP contribution in [0.1, 0.15) is 22.1 Å². The number of nitrogens with one attached hydrogen (secondary N) is 2. The van der Waals surface area contributed by atoms with Gasteiger partial charge < -0.3 is 15.1 Å². The number of oxazole rings is 1. The van der Waals surface area contributed by atoms with Crippen molar-refractivity contribution in [1.82, 2.24) is 19.4 Å². The fraction of sp³-hybridized carbons (Fsp3) is 0.158. The molecule has 8 nitrogen and oxygen atoms in total. The SMILES string of the molecule is CNc1cnc2nc(-c3cc(NC(=O)c4oc(C)nc4C)ccc3F)cn2c1. The summed E-state index contributed by atoms with van der Waals surface area (Å²) in [6, 6.07) is 4.27. The zero-order chi connectivity index (χ0) is 19.8. The van der Waals surface area contributed by atoms with Gasteiger partial charge in [-0.1, -0.05) is 0 Å². The lowest BCUT2D eigenvalue weighted by Gasteiger charge is -2.06. The lowest BCUT2D eigenvalue weighted by atomic mass is 10.1. The number of amides is 1. The van der Waals surface area contributed by atoms with Crippen molar-refractivity contribution in [2.24, 2.45) is 0 Å². The summed E-state index contributed by atoms with van der Waals surface area (Å²) in [5.41, 5.74) is 2.36. The van der Waals surface area contributed by atoms with Crippen LogP contribution in [0.5, 0.6) is 0 Å². The first-order valence-electron chi connectivity index (χ1n) is 8.52. The first kappa shape index (κ1) is 17.7. The Morgan fingerprint density at radius 3 is 2.71 bits per heavy atom. The summed E-state index contributed by atoms with van der Waals surface area (Å²) in [6.07, 6.45) is 5.12. The number of nitrogens with zero attached hydrogens (tertiary/aromatic N) is 4. The Kier molecular flexibility index (Phi) is 4.26. The summed E-state index contributed by atoms with van der Waals surface area (Å²) >= 11 is 0. The van der Waals surface area contributed by atoms with Gasteiger partial charge in [0.05, 0.1) is 23.3 Å². The van der Waals surface area contributed by atoms with Crippen molar-refractivity contribution in [3.05, 3.63) is 60.0 Å². The second kappa shape index (κ2) is 6.76. The van der Waals surface area contributed by atoms with Gasteiger partial charge >= 0.3 is 0 Å². The van der Waals surface area contributed by atoms with Crippen LogP contribution in [-0.2, 0) is 0 Å². The Morgan fingerprint density at radius 1 is 1.18 bits per heavy atom. The second-order valence-electron chi connectivity index (χ2n) is 6.22. The van der Waals surface area contributed by atoms with Crippen LogP contribution >= 0.6 is 0 Å². The van der Waals surface area contributed by atoms with E-state index < -0.39 is 11.7 Å². The van der Waals surface area contributed by atoms with E-state index in [1.54, 1.807) is 43.9 Å². The zero-order valence-corrected chi connectivity index (χ0v) is 15.4. The minimum Gasteiger partial charge on any atom is -0.436 e. The maximum Gasteiger partial charge on any atom is 0.293 e. The number of benzene rings is 1. The number of imidazole rings is 1. The Hall–Kier alpha value is -3.75. The van der Waals surface area contributed by atoms with E-state index in [1.807, 2.05) is 0 Å². The largest absolute Gasteiger partial charge is 0.436 e. The molecule has 1 aromatic carbocycles. The highest BCUT2D eigenvalue weighted by Gasteiger charge is 2.17. The lowest BCUT2D eigenvalue weighted by molar-refractivity contribution is 0.0994. The predicted octanol–water partition coefficient (Wildman–Crippen LogP) is 3.43. The molecule has 28 heavy (non-hydrogen) atoms. The third-order valence-electron chi connectivity index (χ3n) is 4.21. The van der Waals surface area contributed by atoms with Crippen LogP contribution in [0.15, 0.2) is 41.2 Å². The van der Waals surface area contributed by atoms with E-state index in [2.05, 4.69) is 25.6 Å². The van der Waals surface area contributed by atoms with E-state index in [0.717, 1.165) is 5.69 Å². The van der Waals surface area contributed by atoms with E-state index in [0.29, 0.717) is 28.7 Å². The number of carbonyl (C=O) groups is 1. The molecule has 0 spiro atoms. The van der Waals surface area contributed by atoms with Crippen LogP contribution in [0.25, 0.3) is 17.0 Å². The normalized spacial score (nSPS) is 11.0. The highest BCUT2D eigenvalue weighted by atomic mass is 19.1.